The molecule has 2 aromatic heterocycles. The van der Waals surface area contributed by atoms with E-state index in [-0.39, 0.29) is 12.6 Å². The zero-order valence-electron chi connectivity index (χ0n) is 13.8. The summed E-state index contributed by atoms with van der Waals surface area (Å²) >= 11 is 3.41. The summed E-state index contributed by atoms with van der Waals surface area (Å²) < 4.78 is 0. The van der Waals surface area contributed by atoms with Gasteiger partial charge in [0.2, 0.25) is 0 Å². The zero-order chi connectivity index (χ0) is 16.9. The lowest BCUT2D eigenvalue weighted by Crippen LogP contribution is -2.45. The van der Waals surface area contributed by atoms with E-state index in [1.54, 1.807) is 22.7 Å². The van der Waals surface area contributed by atoms with E-state index in [2.05, 4.69) is 27.8 Å². The number of carbonyl (C=O) groups excluding carboxylic acids is 1. The highest BCUT2D eigenvalue weighted by Gasteiger charge is 2.21. The molecular formula is C17H23N3O2S2. The van der Waals surface area contributed by atoms with Crippen LogP contribution in [0.2, 0.25) is 0 Å². The van der Waals surface area contributed by atoms with Crippen molar-refractivity contribution in [3.63, 3.8) is 0 Å². The molecule has 7 heteroatoms. The second-order valence-electron chi connectivity index (χ2n) is 6.11. The number of urea groups is 1. The Bertz CT molecular complexity index is 675. The van der Waals surface area contributed by atoms with Crippen LogP contribution in [0, 0.1) is 12.8 Å². The number of likely N-dealkylation sites (tertiary alicyclic amines) is 1. The van der Waals surface area contributed by atoms with Crippen molar-refractivity contribution in [1.82, 2.24) is 15.2 Å². The van der Waals surface area contributed by atoms with E-state index < -0.39 is 0 Å². The minimum Gasteiger partial charge on any atom is -0.396 e. The number of nitrogens with zero attached hydrogens (tertiary/aromatic N) is 2. The predicted molar refractivity (Wildman–Crippen MR) is 98.6 cm³/mol. The zero-order valence-corrected chi connectivity index (χ0v) is 15.5. The van der Waals surface area contributed by atoms with Crippen LogP contribution in [-0.4, -0.2) is 47.3 Å². The van der Waals surface area contributed by atoms with Crippen molar-refractivity contribution in [2.75, 3.05) is 26.2 Å². The number of rotatable bonds is 5. The number of hydrogen-bond donors (Lipinski definition) is 2. The molecule has 0 aromatic carbocycles. The quantitative estimate of drug-likeness (QED) is 0.855. The Kier molecular flexibility index (Phi) is 5.86. The molecule has 0 aliphatic carbocycles. The first kappa shape index (κ1) is 17.4. The van der Waals surface area contributed by atoms with E-state index in [0.29, 0.717) is 12.5 Å². The number of thiophene rings is 1. The van der Waals surface area contributed by atoms with Crippen LogP contribution < -0.4 is 5.32 Å². The lowest BCUT2D eigenvalue weighted by atomic mass is 9.98. The van der Waals surface area contributed by atoms with Gasteiger partial charge in [-0.05, 0) is 44.2 Å². The average Bonchev–Trinajstić information content (AvgIpc) is 3.24. The number of piperidine rings is 1. The second-order valence-corrected chi connectivity index (χ2v) is 8.34. The maximum Gasteiger partial charge on any atom is 0.317 e. The molecule has 3 heterocycles. The van der Waals surface area contributed by atoms with Crippen LogP contribution in [0.15, 0.2) is 17.5 Å². The summed E-state index contributed by atoms with van der Waals surface area (Å²) in [5, 5.41) is 15.3. The van der Waals surface area contributed by atoms with E-state index in [0.717, 1.165) is 43.1 Å². The van der Waals surface area contributed by atoms with Crippen molar-refractivity contribution < 1.29 is 9.90 Å². The van der Waals surface area contributed by atoms with Crippen LogP contribution in [0.5, 0.6) is 0 Å². The van der Waals surface area contributed by atoms with Gasteiger partial charge in [0.15, 0.2) is 0 Å². The average molecular weight is 366 g/mol. The molecule has 5 nitrogen and oxygen atoms in total. The van der Waals surface area contributed by atoms with Crippen molar-refractivity contribution in [1.29, 1.82) is 0 Å². The minimum absolute atomic E-state index is 0.0123. The molecule has 1 aliphatic rings. The lowest BCUT2D eigenvalue weighted by Gasteiger charge is -2.31. The molecule has 0 bridgehead atoms. The number of aliphatic hydroxyl groups is 1. The molecule has 1 fully saturated rings. The first-order valence-corrected chi connectivity index (χ1v) is 10.00. The van der Waals surface area contributed by atoms with E-state index in [1.807, 2.05) is 11.8 Å². The fraction of sp³-hybridized carbons (Fsp3) is 0.529. The summed E-state index contributed by atoms with van der Waals surface area (Å²) in [4.78, 5) is 21.0. The standard InChI is InChI=1S/C17H23N3O2S2/c1-12-19-15(11-23-12)16-3-2-14(24-16)4-7-18-17(22)20-8-5-13(10-21)6-9-20/h2-3,11,13,21H,4-10H2,1H3,(H,18,22). The van der Waals surface area contributed by atoms with Crippen LogP contribution in [0.3, 0.4) is 0 Å². The fourth-order valence-electron chi connectivity index (χ4n) is 2.85. The van der Waals surface area contributed by atoms with E-state index in [9.17, 15) is 4.79 Å². The largest absolute Gasteiger partial charge is 0.396 e. The van der Waals surface area contributed by atoms with Crippen molar-refractivity contribution in [2.45, 2.75) is 26.2 Å². The van der Waals surface area contributed by atoms with Gasteiger partial charge in [0.05, 0.1) is 15.6 Å². The topological polar surface area (TPSA) is 65.5 Å². The summed E-state index contributed by atoms with van der Waals surface area (Å²) in [6.07, 6.45) is 2.63. The third-order valence-electron chi connectivity index (χ3n) is 4.34. The number of nitrogens with one attached hydrogen (secondary N) is 1. The van der Waals surface area contributed by atoms with E-state index in [1.165, 1.54) is 9.75 Å². The number of aryl methyl sites for hydroxylation is 1. The smallest absolute Gasteiger partial charge is 0.317 e. The number of amides is 2. The molecule has 1 aliphatic heterocycles. The number of carbonyl (C=O) groups is 1. The predicted octanol–water partition coefficient (Wildman–Crippen LogP) is 3.14. The van der Waals surface area contributed by atoms with Gasteiger partial charge in [-0.25, -0.2) is 9.78 Å². The summed E-state index contributed by atoms with van der Waals surface area (Å²) in [5.41, 5.74) is 1.05. The lowest BCUT2D eigenvalue weighted by molar-refractivity contribution is 0.137. The maximum absolute atomic E-state index is 12.2. The number of thiazole rings is 1. The molecule has 0 saturated carbocycles. The Morgan fingerprint density at radius 1 is 1.42 bits per heavy atom. The van der Waals surface area contributed by atoms with Gasteiger partial charge in [0.1, 0.15) is 0 Å². The molecule has 1 saturated heterocycles. The summed E-state index contributed by atoms with van der Waals surface area (Å²) in [6.45, 7) is 4.37. The monoisotopic (exact) mass is 365 g/mol. The second kappa shape index (κ2) is 8.09. The first-order valence-electron chi connectivity index (χ1n) is 8.30. The molecule has 0 spiro atoms. The van der Waals surface area contributed by atoms with Gasteiger partial charge in [-0.1, -0.05) is 0 Å². The van der Waals surface area contributed by atoms with Crippen LogP contribution in [-0.2, 0) is 6.42 Å². The maximum atomic E-state index is 12.2. The van der Waals surface area contributed by atoms with Gasteiger partial charge in [-0.15, -0.1) is 22.7 Å². The van der Waals surface area contributed by atoms with Crippen molar-refractivity contribution in [3.05, 3.63) is 27.4 Å². The molecule has 130 valence electrons. The minimum atomic E-state index is 0.0123. The summed E-state index contributed by atoms with van der Waals surface area (Å²) in [6, 6.07) is 4.24. The van der Waals surface area contributed by atoms with Gasteiger partial charge in [0, 0.05) is 36.5 Å². The molecule has 2 N–H and O–H groups in total. The Balaban J connectivity index is 1.43. The highest BCUT2D eigenvalue weighted by atomic mass is 32.1. The number of hydrogen-bond acceptors (Lipinski definition) is 5. The Morgan fingerprint density at radius 2 is 2.21 bits per heavy atom. The highest BCUT2D eigenvalue weighted by molar-refractivity contribution is 7.16. The molecule has 2 amide bonds. The third kappa shape index (κ3) is 4.34. The highest BCUT2D eigenvalue weighted by Crippen LogP contribution is 2.29. The Hall–Kier alpha value is -1.44. The summed E-state index contributed by atoms with van der Waals surface area (Å²) in [5.74, 6) is 0.355. The van der Waals surface area contributed by atoms with Gasteiger partial charge in [-0.3, -0.25) is 0 Å². The van der Waals surface area contributed by atoms with Gasteiger partial charge in [-0.2, -0.15) is 0 Å². The molecule has 0 radical (unpaired) electrons. The van der Waals surface area contributed by atoms with E-state index in [4.69, 9.17) is 5.11 Å². The van der Waals surface area contributed by atoms with Crippen molar-refractivity contribution in [2.24, 2.45) is 5.92 Å². The normalized spacial score (nSPS) is 15.7. The van der Waals surface area contributed by atoms with Crippen LogP contribution in [0.4, 0.5) is 4.79 Å². The SMILES string of the molecule is Cc1nc(-c2ccc(CCNC(=O)N3CCC(CO)CC3)s2)cs1. The summed E-state index contributed by atoms with van der Waals surface area (Å²) in [7, 11) is 0. The van der Waals surface area contributed by atoms with Crippen LogP contribution >= 0.6 is 22.7 Å². The van der Waals surface area contributed by atoms with Gasteiger partial charge < -0.3 is 15.3 Å². The van der Waals surface area contributed by atoms with Crippen LogP contribution in [0.25, 0.3) is 10.6 Å². The van der Waals surface area contributed by atoms with Gasteiger partial charge >= 0.3 is 6.03 Å². The Morgan fingerprint density at radius 3 is 2.88 bits per heavy atom. The molecule has 24 heavy (non-hydrogen) atoms. The third-order valence-corrected chi connectivity index (χ3v) is 6.28. The molecule has 0 atom stereocenters. The first-order chi connectivity index (χ1) is 11.7. The number of aromatic nitrogens is 1. The van der Waals surface area contributed by atoms with Crippen molar-refractivity contribution in [3.8, 4) is 10.6 Å². The van der Waals surface area contributed by atoms with Crippen molar-refractivity contribution >= 4 is 28.7 Å². The number of aliphatic hydroxyl groups excluding tert-OH is 1. The van der Waals surface area contributed by atoms with E-state index >= 15 is 0 Å². The Labute approximate surface area is 150 Å². The molecule has 3 rings (SSSR count). The molecule has 0 unspecified atom stereocenters. The van der Waals surface area contributed by atoms with Gasteiger partial charge in [0.25, 0.3) is 0 Å². The molecule has 2 aromatic rings. The van der Waals surface area contributed by atoms with Crippen LogP contribution in [0.1, 0.15) is 22.7 Å². The fourth-order valence-corrected chi connectivity index (χ4v) is 4.51. The molecular weight excluding hydrogens is 342 g/mol.